The monoisotopic (exact) mass is 791 g/mol. The van der Waals surface area contributed by atoms with Crippen molar-refractivity contribution >= 4 is 43.6 Å². The van der Waals surface area contributed by atoms with Gasteiger partial charge in [0.15, 0.2) is 17.5 Å². The number of hydrogen-bond acceptors (Lipinski definition) is 3. The van der Waals surface area contributed by atoms with Crippen molar-refractivity contribution < 1.29 is 0 Å². The molecular formula is C57H37N5. The van der Waals surface area contributed by atoms with Gasteiger partial charge in [-0.1, -0.05) is 164 Å². The lowest BCUT2D eigenvalue weighted by Gasteiger charge is -2.14. The third kappa shape index (κ3) is 5.90. The zero-order valence-corrected chi connectivity index (χ0v) is 33.6. The number of benzene rings is 9. The molecule has 0 aliphatic rings. The molecule has 5 nitrogen and oxygen atoms in total. The third-order valence-electron chi connectivity index (χ3n) is 11.9. The Labute approximate surface area is 358 Å². The summed E-state index contributed by atoms with van der Waals surface area (Å²) in [5.41, 5.74) is 14.0. The van der Waals surface area contributed by atoms with E-state index in [0.29, 0.717) is 17.5 Å². The minimum Gasteiger partial charge on any atom is -0.309 e. The molecular weight excluding hydrogens is 755 g/mol. The quantitative estimate of drug-likeness (QED) is 0.162. The fourth-order valence-electron chi connectivity index (χ4n) is 9.19. The van der Waals surface area contributed by atoms with Gasteiger partial charge in [0, 0.05) is 49.6 Å². The SMILES string of the molecule is c1ccc(-c2ccc3c(c2)c2c(-c4cc(-c5nc(-c6ccccc6)nc(-c6ccccc6)n5)cc5c4c4ccccc4n5-c4ccccc4)cccc2n3-c2ccccc2)cc1. The number of nitrogens with zero attached hydrogens (tertiary/aromatic N) is 5. The van der Waals surface area contributed by atoms with E-state index in [1.54, 1.807) is 0 Å². The van der Waals surface area contributed by atoms with Crippen LogP contribution in [0, 0.1) is 0 Å². The summed E-state index contributed by atoms with van der Waals surface area (Å²) in [5.74, 6) is 1.86. The first-order valence-corrected chi connectivity index (χ1v) is 21.0. The summed E-state index contributed by atoms with van der Waals surface area (Å²) in [5, 5.41) is 4.71. The highest BCUT2D eigenvalue weighted by Gasteiger charge is 2.24. The van der Waals surface area contributed by atoms with Crippen LogP contribution in [0.15, 0.2) is 224 Å². The number of fused-ring (bicyclic) bond motifs is 6. The minimum absolute atomic E-state index is 0.607. The van der Waals surface area contributed by atoms with Gasteiger partial charge in [0.25, 0.3) is 0 Å². The van der Waals surface area contributed by atoms with Gasteiger partial charge in [-0.2, -0.15) is 0 Å². The number of hydrogen-bond donors (Lipinski definition) is 0. The molecule has 3 heterocycles. The molecule has 0 aliphatic carbocycles. The maximum atomic E-state index is 5.26. The summed E-state index contributed by atoms with van der Waals surface area (Å²) in [6, 6.07) is 79.4. The summed E-state index contributed by atoms with van der Waals surface area (Å²) in [6.45, 7) is 0. The molecule has 62 heavy (non-hydrogen) atoms. The molecule has 12 aromatic rings. The van der Waals surface area contributed by atoms with Gasteiger partial charge in [-0.3, -0.25) is 0 Å². The Morgan fingerprint density at radius 1 is 0.258 bits per heavy atom. The Kier molecular flexibility index (Phi) is 8.42. The second kappa shape index (κ2) is 14.7. The van der Waals surface area contributed by atoms with Crippen LogP contribution in [0.1, 0.15) is 0 Å². The molecule has 9 aromatic carbocycles. The Balaban J connectivity index is 1.23. The molecule has 0 aliphatic heterocycles. The number of para-hydroxylation sites is 3. The Hall–Kier alpha value is -8.41. The van der Waals surface area contributed by atoms with Crippen LogP contribution in [0.25, 0.3) is 111 Å². The molecule has 0 N–H and O–H groups in total. The van der Waals surface area contributed by atoms with Gasteiger partial charge in [0.1, 0.15) is 0 Å². The fourth-order valence-corrected chi connectivity index (χ4v) is 9.19. The minimum atomic E-state index is 0.607. The van der Waals surface area contributed by atoms with Crippen molar-refractivity contribution in [1.29, 1.82) is 0 Å². The average Bonchev–Trinajstić information content (AvgIpc) is 3.88. The van der Waals surface area contributed by atoms with E-state index in [1.807, 2.05) is 36.4 Å². The Bertz CT molecular complexity index is 3540. The zero-order valence-electron chi connectivity index (χ0n) is 33.6. The average molecular weight is 792 g/mol. The Morgan fingerprint density at radius 2 is 0.726 bits per heavy atom. The topological polar surface area (TPSA) is 48.5 Å². The molecule has 0 saturated heterocycles. The normalized spacial score (nSPS) is 11.5. The maximum absolute atomic E-state index is 5.26. The molecule has 5 heteroatoms. The molecule has 0 fully saturated rings. The van der Waals surface area contributed by atoms with Crippen molar-refractivity contribution in [3.8, 4) is 67.8 Å². The molecule has 0 unspecified atom stereocenters. The van der Waals surface area contributed by atoms with Crippen LogP contribution in [0.4, 0.5) is 0 Å². The second-order valence-corrected chi connectivity index (χ2v) is 15.6. The molecule has 0 atom stereocenters. The van der Waals surface area contributed by atoms with Gasteiger partial charge >= 0.3 is 0 Å². The van der Waals surface area contributed by atoms with Crippen molar-refractivity contribution in [2.45, 2.75) is 0 Å². The van der Waals surface area contributed by atoms with Crippen molar-refractivity contribution in [2.75, 3.05) is 0 Å². The van der Waals surface area contributed by atoms with E-state index in [1.165, 1.54) is 32.7 Å². The molecule has 0 spiro atoms. The van der Waals surface area contributed by atoms with Crippen LogP contribution in [0.5, 0.6) is 0 Å². The van der Waals surface area contributed by atoms with Crippen LogP contribution in [-0.4, -0.2) is 24.1 Å². The summed E-state index contributed by atoms with van der Waals surface area (Å²) >= 11 is 0. The largest absolute Gasteiger partial charge is 0.309 e. The van der Waals surface area contributed by atoms with Crippen molar-refractivity contribution in [2.24, 2.45) is 0 Å². The predicted molar refractivity (Wildman–Crippen MR) is 256 cm³/mol. The number of rotatable bonds is 7. The van der Waals surface area contributed by atoms with Crippen molar-refractivity contribution in [1.82, 2.24) is 24.1 Å². The predicted octanol–water partition coefficient (Wildman–Crippen LogP) is 14.4. The van der Waals surface area contributed by atoms with Crippen molar-refractivity contribution in [3.63, 3.8) is 0 Å². The van der Waals surface area contributed by atoms with Gasteiger partial charge in [-0.15, -0.1) is 0 Å². The smallest absolute Gasteiger partial charge is 0.164 e. The first-order valence-electron chi connectivity index (χ1n) is 21.0. The molecule has 0 bridgehead atoms. The Morgan fingerprint density at radius 3 is 1.34 bits per heavy atom. The molecule has 0 saturated carbocycles. The van der Waals surface area contributed by atoms with Crippen LogP contribution < -0.4 is 0 Å². The summed E-state index contributed by atoms with van der Waals surface area (Å²) in [4.78, 5) is 15.6. The number of aromatic nitrogens is 5. The van der Waals surface area contributed by atoms with E-state index in [-0.39, 0.29) is 0 Å². The van der Waals surface area contributed by atoms with E-state index in [0.717, 1.165) is 61.3 Å². The van der Waals surface area contributed by atoms with Gasteiger partial charge < -0.3 is 9.13 Å². The maximum Gasteiger partial charge on any atom is 0.164 e. The highest BCUT2D eigenvalue weighted by Crippen LogP contribution is 2.46. The summed E-state index contributed by atoms with van der Waals surface area (Å²) < 4.78 is 4.79. The second-order valence-electron chi connectivity index (χ2n) is 15.6. The van der Waals surface area contributed by atoms with E-state index in [9.17, 15) is 0 Å². The summed E-state index contributed by atoms with van der Waals surface area (Å²) in [6.07, 6.45) is 0. The molecule has 0 radical (unpaired) electrons. The van der Waals surface area contributed by atoms with Crippen molar-refractivity contribution in [3.05, 3.63) is 224 Å². The highest BCUT2D eigenvalue weighted by molar-refractivity contribution is 6.23. The standard InChI is InChI=1S/C57H37N5/c1-6-19-38(20-7-1)41-33-34-50-48(35-41)53-45(30-18-32-51(53)61(50)43-25-12-4-13-26-43)47-36-42(37-52-54(47)46-29-16-17-31-49(46)62(52)44-27-14-5-15-28-44)57-59-55(39-21-8-2-9-22-39)58-56(60-57)40-23-10-3-11-24-40/h1-37H. The van der Waals surface area contributed by atoms with Gasteiger partial charge in [0.2, 0.25) is 0 Å². The van der Waals surface area contributed by atoms with Crippen LogP contribution in [-0.2, 0) is 0 Å². The molecule has 12 rings (SSSR count). The van der Waals surface area contributed by atoms with Crippen LogP contribution >= 0.6 is 0 Å². The lowest BCUT2D eigenvalue weighted by molar-refractivity contribution is 1.07. The van der Waals surface area contributed by atoms with Gasteiger partial charge in [-0.25, -0.2) is 15.0 Å². The van der Waals surface area contributed by atoms with Gasteiger partial charge in [0.05, 0.1) is 22.1 Å². The molecule has 3 aromatic heterocycles. The lowest BCUT2D eigenvalue weighted by atomic mass is 9.93. The van der Waals surface area contributed by atoms with E-state index in [4.69, 9.17) is 15.0 Å². The van der Waals surface area contributed by atoms with Crippen LogP contribution in [0.3, 0.4) is 0 Å². The zero-order chi connectivity index (χ0) is 41.0. The van der Waals surface area contributed by atoms with E-state index in [2.05, 4.69) is 197 Å². The molecule has 290 valence electrons. The van der Waals surface area contributed by atoms with E-state index >= 15 is 0 Å². The molecule has 0 amide bonds. The first kappa shape index (κ1) is 35.5. The fraction of sp³-hybridized carbons (Fsp3) is 0. The lowest BCUT2D eigenvalue weighted by Crippen LogP contribution is -2.01. The third-order valence-corrected chi connectivity index (χ3v) is 11.9. The van der Waals surface area contributed by atoms with Crippen LogP contribution in [0.2, 0.25) is 0 Å². The van der Waals surface area contributed by atoms with E-state index < -0.39 is 0 Å². The van der Waals surface area contributed by atoms with Gasteiger partial charge in [-0.05, 0) is 82.9 Å². The highest BCUT2D eigenvalue weighted by atomic mass is 15.0. The first-order chi connectivity index (χ1) is 30.8. The summed E-state index contributed by atoms with van der Waals surface area (Å²) in [7, 11) is 0.